The molecule has 6 heteroatoms. The first kappa shape index (κ1) is 15.9. The highest BCUT2D eigenvalue weighted by Gasteiger charge is 2.29. The summed E-state index contributed by atoms with van der Waals surface area (Å²) < 4.78 is 0. The lowest BCUT2D eigenvalue weighted by molar-refractivity contribution is 0.0497. The highest BCUT2D eigenvalue weighted by atomic mass is 32.1. The lowest BCUT2D eigenvalue weighted by atomic mass is 9.86. The van der Waals surface area contributed by atoms with Gasteiger partial charge in [-0.1, -0.05) is 6.92 Å². The number of nitrogens with zero attached hydrogens (tertiary/aromatic N) is 3. The molecule has 1 aromatic heterocycles. The maximum atomic E-state index is 12.5. The molecule has 0 atom stereocenters. The van der Waals surface area contributed by atoms with Crippen molar-refractivity contribution in [1.82, 2.24) is 14.8 Å². The minimum atomic E-state index is 0.0628. The Labute approximate surface area is 136 Å². The number of rotatable bonds is 3. The number of amides is 1. The van der Waals surface area contributed by atoms with Crippen molar-refractivity contribution in [1.29, 1.82) is 0 Å². The van der Waals surface area contributed by atoms with Crippen molar-refractivity contribution in [2.45, 2.75) is 45.2 Å². The molecule has 1 aliphatic carbocycles. The van der Waals surface area contributed by atoms with Crippen LogP contribution in [0.4, 0.5) is 0 Å². The second kappa shape index (κ2) is 7.06. The molecule has 22 heavy (non-hydrogen) atoms. The van der Waals surface area contributed by atoms with Gasteiger partial charge in [-0.3, -0.25) is 9.69 Å². The second-order valence-electron chi connectivity index (χ2n) is 6.57. The topological polar surface area (TPSA) is 62.5 Å². The molecule has 0 radical (unpaired) electrons. The molecule has 0 aromatic carbocycles. The zero-order valence-corrected chi connectivity index (χ0v) is 14.1. The lowest BCUT2D eigenvalue weighted by Crippen LogP contribution is -2.52. The Bertz CT molecular complexity index is 502. The van der Waals surface area contributed by atoms with Gasteiger partial charge in [0, 0.05) is 44.1 Å². The maximum absolute atomic E-state index is 12.5. The summed E-state index contributed by atoms with van der Waals surface area (Å²) in [6.07, 6.45) is 5.34. The van der Waals surface area contributed by atoms with Crippen LogP contribution >= 0.6 is 11.3 Å². The van der Waals surface area contributed by atoms with Crippen molar-refractivity contribution in [3.05, 3.63) is 16.1 Å². The molecule has 122 valence electrons. The normalized spacial score (nSPS) is 27.1. The van der Waals surface area contributed by atoms with Gasteiger partial charge >= 0.3 is 0 Å². The van der Waals surface area contributed by atoms with Gasteiger partial charge in [0.2, 0.25) is 0 Å². The Morgan fingerprint density at radius 3 is 2.55 bits per heavy atom. The Morgan fingerprint density at radius 1 is 1.27 bits per heavy atom. The van der Waals surface area contributed by atoms with Gasteiger partial charge in [0.05, 0.1) is 0 Å². The summed E-state index contributed by atoms with van der Waals surface area (Å²) in [4.78, 5) is 21.3. The minimum absolute atomic E-state index is 0.0628. The first-order chi connectivity index (χ1) is 10.7. The molecule has 1 saturated carbocycles. The van der Waals surface area contributed by atoms with Crippen LogP contribution in [-0.4, -0.2) is 52.9 Å². The van der Waals surface area contributed by atoms with Crippen molar-refractivity contribution in [2.75, 3.05) is 26.2 Å². The van der Waals surface area contributed by atoms with Crippen LogP contribution in [0.5, 0.6) is 0 Å². The molecule has 1 saturated heterocycles. The van der Waals surface area contributed by atoms with Crippen LogP contribution in [0.1, 0.15) is 48.1 Å². The number of piperazine rings is 1. The minimum Gasteiger partial charge on any atom is -0.335 e. The van der Waals surface area contributed by atoms with Gasteiger partial charge in [0.15, 0.2) is 0 Å². The number of aromatic nitrogens is 1. The summed E-state index contributed by atoms with van der Waals surface area (Å²) >= 11 is 1.47. The van der Waals surface area contributed by atoms with Crippen molar-refractivity contribution >= 4 is 17.2 Å². The molecule has 2 aliphatic rings. The molecule has 0 bridgehead atoms. The first-order valence-electron chi connectivity index (χ1n) is 8.35. The van der Waals surface area contributed by atoms with E-state index in [9.17, 15) is 4.79 Å². The average Bonchev–Trinajstić information content (AvgIpc) is 3.04. The van der Waals surface area contributed by atoms with Crippen LogP contribution in [0.2, 0.25) is 0 Å². The molecular weight excluding hydrogens is 296 g/mol. The van der Waals surface area contributed by atoms with Crippen LogP contribution in [0.25, 0.3) is 0 Å². The third kappa shape index (κ3) is 3.50. The van der Waals surface area contributed by atoms with Gasteiger partial charge in [-0.15, -0.1) is 11.3 Å². The molecule has 5 nitrogen and oxygen atoms in total. The van der Waals surface area contributed by atoms with E-state index >= 15 is 0 Å². The Hall–Kier alpha value is -0.980. The summed E-state index contributed by atoms with van der Waals surface area (Å²) in [6.45, 7) is 6.40. The third-order valence-electron chi connectivity index (χ3n) is 5.05. The van der Waals surface area contributed by atoms with E-state index in [-0.39, 0.29) is 5.91 Å². The van der Waals surface area contributed by atoms with E-state index in [1.807, 2.05) is 10.3 Å². The largest absolute Gasteiger partial charge is 0.335 e. The van der Waals surface area contributed by atoms with Gasteiger partial charge in [-0.25, -0.2) is 4.98 Å². The third-order valence-corrected chi connectivity index (χ3v) is 5.92. The van der Waals surface area contributed by atoms with Crippen LogP contribution in [0.3, 0.4) is 0 Å². The van der Waals surface area contributed by atoms with Crippen molar-refractivity contribution in [3.8, 4) is 0 Å². The highest BCUT2D eigenvalue weighted by molar-refractivity contribution is 7.09. The molecule has 0 spiro atoms. The number of thiazole rings is 1. The van der Waals surface area contributed by atoms with Crippen LogP contribution < -0.4 is 5.73 Å². The molecule has 1 amide bonds. The van der Waals surface area contributed by atoms with E-state index in [1.54, 1.807) is 0 Å². The summed E-state index contributed by atoms with van der Waals surface area (Å²) in [6, 6.07) is 0.733. The summed E-state index contributed by atoms with van der Waals surface area (Å²) in [5, 5.41) is 2.66. The van der Waals surface area contributed by atoms with E-state index in [0.29, 0.717) is 12.2 Å². The van der Waals surface area contributed by atoms with Crippen LogP contribution in [-0.2, 0) is 6.54 Å². The molecule has 2 N–H and O–H groups in total. The number of carbonyl (C=O) groups is 1. The number of carbonyl (C=O) groups excluding carboxylic acids is 1. The molecule has 0 unspecified atom stereocenters. The molecular formula is C16H26N4OS. The van der Waals surface area contributed by atoms with Gasteiger partial charge in [0.25, 0.3) is 5.91 Å². The van der Waals surface area contributed by atoms with E-state index in [4.69, 9.17) is 5.73 Å². The van der Waals surface area contributed by atoms with Crippen LogP contribution in [0, 0.1) is 5.92 Å². The average molecular weight is 322 g/mol. The first-order valence-corrected chi connectivity index (χ1v) is 9.23. The summed E-state index contributed by atoms with van der Waals surface area (Å²) in [5.41, 5.74) is 6.13. The van der Waals surface area contributed by atoms with Crippen molar-refractivity contribution in [2.24, 2.45) is 11.7 Å². The maximum Gasteiger partial charge on any atom is 0.273 e. The molecule has 2 heterocycles. The van der Waals surface area contributed by atoms with Crippen molar-refractivity contribution in [3.63, 3.8) is 0 Å². The smallest absolute Gasteiger partial charge is 0.273 e. The Balaban J connectivity index is 1.52. The fraction of sp³-hybridized carbons (Fsp3) is 0.750. The number of hydrogen-bond acceptors (Lipinski definition) is 5. The van der Waals surface area contributed by atoms with Crippen molar-refractivity contribution < 1.29 is 4.79 Å². The zero-order chi connectivity index (χ0) is 15.5. The lowest BCUT2D eigenvalue weighted by Gasteiger charge is -2.41. The summed E-state index contributed by atoms with van der Waals surface area (Å²) in [5.74, 6) is 0.952. The standard InChI is InChI=1S/C16H26N4OS/c1-12-2-4-13(5-3-12)19-6-8-20(9-7-19)16(21)14-11-22-15(10-17)18-14/h11-13H,2-10,17H2,1H3. The van der Waals surface area contributed by atoms with E-state index in [2.05, 4.69) is 16.8 Å². The molecule has 2 fully saturated rings. The molecule has 1 aromatic rings. The van der Waals surface area contributed by atoms with Gasteiger partial charge in [-0.2, -0.15) is 0 Å². The quantitative estimate of drug-likeness (QED) is 0.924. The number of nitrogens with two attached hydrogens (primary N) is 1. The predicted molar refractivity (Wildman–Crippen MR) is 88.9 cm³/mol. The van der Waals surface area contributed by atoms with Crippen LogP contribution in [0.15, 0.2) is 5.38 Å². The predicted octanol–water partition coefficient (Wildman–Crippen LogP) is 1.94. The summed E-state index contributed by atoms with van der Waals surface area (Å²) in [7, 11) is 0. The second-order valence-corrected chi connectivity index (χ2v) is 7.52. The van der Waals surface area contributed by atoms with Gasteiger partial charge in [0.1, 0.15) is 10.7 Å². The number of hydrogen-bond donors (Lipinski definition) is 1. The van der Waals surface area contributed by atoms with Gasteiger partial charge < -0.3 is 10.6 Å². The highest BCUT2D eigenvalue weighted by Crippen LogP contribution is 2.27. The van der Waals surface area contributed by atoms with E-state index in [0.717, 1.165) is 43.1 Å². The Kier molecular flexibility index (Phi) is 5.10. The zero-order valence-electron chi connectivity index (χ0n) is 13.3. The fourth-order valence-corrected chi connectivity index (χ4v) is 4.21. The SMILES string of the molecule is CC1CCC(N2CCN(C(=O)c3csc(CN)n3)CC2)CC1. The Morgan fingerprint density at radius 2 is 1.95 bits per heavy atom. The monoisotopic (exact) mass is 322 g/mol. The van der Waals surface area contributed by atoms with Gasteiger partial charge in [-0.05, 0) is 31.6 Å². The fourth-order valence-electron chi connectivity index (χ4n) is 3.56. The van der Waals surface area contributed by atoms with E-state index < -0.39 is 0 Å². The van der Waals surface area contributed by atoms with E-state index in [1.165, 1.54) is 37.0 Å². The molecule has 1 aliphatic heterocycles. The molecule has 3 rings (SSSR count).